The molecule has 0 spiro atoms. The highest BCUT2D eigenvalue weighted by Crippen LogP contribution is 2.30. The number of nitrogens with zero attached hydrogens (tertiary/aromatic N) is 1. The maximum absolute atomic E-state index is 12.5. The molecule has 0 saturated carbocycles. The number of carbonyl (C=O) groups excluding carboxylic acids is 1. The normalized spacial score (nSPS) is 15.3. The number of ether oxygens (including phenoxy) is 1. The van der Waals surface area contributed by atoms with E-state index in [1.807, 2.05) is 0 Å². The minimum atomic E-state index is -3.74. The minimum Gasteiger partial charge on any atom is -0.482 e. The Balaban J connectivity index is 1.85. The lowest BCUT2D eigenvalue weighted by atomic mass is 10.1. The number of fused-ring (bicyclic) bond motifs is 1. The van der Waals surface area contributed by atoms with Gasteiger partial charge in [0.25, 0.3) is 5.91 Å². The van der Waals surface area contributed by atoms with Gasteiger partial charge in [-0.1, -0.05) is 0 Å². The van der Waals surface area contributed by atoms with Crippen LogP contribution in [0.15, 0.2) is 47.6 Å². The van der Waals surface area contributed by atoms with Crippen LogP contribution in [-0.2, 0) is 14.8 Å². The highest BCUT2D eigenvalue weighted by molar-refractivity contribution is 7.89. The number of benzene rings is 1. The fraction of sp³-hybridized carbons (Fsp3) is 0.200. The Hall–Kier alpha value is -2.45. The highest BCUT2D eigenvalue weighted by atomic mass is 32.2. The summed E-state index contributed by atoms with van der Waals surface area (Å²) < 4.78 is 32.8. The van der Waals surface area contributed by atoms with Crippen LogP contribution in [0.4, 0.5) is 5.69 Å². The fourth-order valence-corrected chi connectivity index (χ4v) is 3.51. The number of nitrogens with one attached hydrogen (secondary N) is 2. The molecule has 0 aliphatic carbocycles. The quantitative estimate of drug-likeness (QED) is 0.882. The van der Waals surface area contributed by atoms with Crippen molar-refractivity contribution < 1.29 is 17.9 Å². The fourth-order valence-electron chi connectivity index (χ4n) is 2.25. The topological polar surface area (TPSA) is 97.4 Å². The Morgan fingerprint density at radius 2 is 2.00 bits per heavy atom. The van der Waals surface area contributed by atoms with Crippen molar-refractivity contribution >= 4 is 21.6 Å². The maximum atomic E-state index is 12.5. The van der Waals surface area contributed by atoms with Gasteiger partial charge in [0.1, 0.15) is 5.75 Å². The summed E-state index contributed by atoms with van der Waals surface area (Å²) in [6.45, 7) is 1.67. The van der Waals surface area contributed by atoms with Crippen molar-refractivity contribution in [3.8, 4) is 5.75 Å². The zero-order chi connectivity index (χ0) is 16.4. The summed E-state index contributed by atoms with van der Waals surface area (Å²) in [4.78, 5) is 15.3. The number of carbonyl (C=O) groups is 1. The molecule has 2 N–H and O–H groups in total. The van der Waals surface area contributed by atoms with Gasteiger partial charge in [-0.15, -0.1) is 0 Å². The van der Waals surface area contributed by atoms with Crippen LogP contribution >= 0.6 is 0 Å². The molecule has 1 aliphatic heterocycles. The van der Waals surface area contributed by atoms with E-state index in [-0.39, 0.29) is 17.4 Å². The monoisotopic (exact) mass is 333 g/mol. The Morgan fingerprint density at radius 3 is 2.74 bits per heavy atom. The summed E-state index contributed by atoms with van der Waals surface area (Å²) in [7, 11) is -3.74. The van der Waals surface area contributed by atoms with E-state index in [4.69, 9.17) is 4.74 Å². The van der Waals surface area contributed by atoms with Crippen LogP contribution in [0, 0.1) is 0 Å². The van der Waals surface area contributed by atoms with E-state index in [1.165, 1.54) is 18.2 Å². The van der Waals surface area contributed by atoms with E-state index in [2.05, 4.69) is 15.0 Å². The predicted molar refractivity (Wildman–Crippen MR) is 83.5 cm³/mol. The van der Waals surface area contributed by atoms with Crippen LogP contribution in [0.5, 0.6) is 5.75 Å². The van der Waals surface area contributed by atoms with E-state index in [0.29, 0.717) is 11.4 Å². The van der Waals surface area contributed by atoms with Gasteiger partial charge in [-0.05, 0) is 42.8 Å². The SMILES string of the molecule is C[C@H](NS(=O)(=O)c1ccc2c(c1)NC(=O)CO2)c1ccncc1. The summed E-state index contributed by atoms with van der Waals surface area (Å²) in [5, 5.41) is 2.59. The molecule has 1 aliphatic rings. The maximum Gasteiger partial charge on any atom is 0.262 e. The minimum absolute atomic E-state index is 0.0583. The summed E-state index contributed by atoms with van der Waals surface area (Å²) >= 11 is 0. The van der Waals surface area contributed by atoms with Crippen LogP contribution in [0.25, 0.3) is 0 Å². The first kappa shape index (κ1) is 15.4. The van der Waals surface area contributed by atoms with Crippen LogP contribution in [0.2, 0.25) is 0 Å². The number of anilines is 1. The standard InChI is InChI=1S/C15H15N3O4S/c1-10(11-4-6-16-7-5-11)18-23(20,21)12-2-3-14-13(8-12)17-15(19)9-22-14/h2-8,10,18H,9H2,1H3,(H,17,19)/t10-/m0/s1. The summed E-state index contributed by atoms with van der Waals surface area (Å²) in [5.74, 6) is 0.135. The van der Waals surface area contributed by atoms with Gasteiger partial charge in [-0.3, -0.25) is 9.78 Å². The van der Waals surface area contributed by atoms with Crippen molar-refractivity contribution in [3.05, 3.63) is 48.3 Å². The first-order valence-corrected chi connectivity index (χ1v) is 8.43. The molecule has 1 aromatic carbocycles. The number of hydrogen-bond acceptors (Lipinski definition) is 5. The summed E-state index contributed by atoms with van der Waals surface area (Å²) in [6, 6.07) is 7.43. The van der Waals surface area contributed by atoms with E-state index in [1.54, 1.807) is 31.5 Å². The molecule has 0 saturated heterocycles. The molecule has 0 bridgehead atoms. The van der Waals surface area contributed by atoms with Gasteiger partial charge >= 0.3 is 0 Å². The van der Waals surface area contributed by atoms with Crippen molar-refractivity contribution in [1.82, 2.24) is 9.71 Å². The lowest BCUT2D eigenvalue weighted by Crippen LogP contribution is -2.28. The van der Waals surface area contributed by atoms with Crippen molar-refractivity contribution in [1.29, 1.82) is 0 Å². The van der Waals surface area contributed by atoms with Crippen molar-refractivity contribution in [2.24, 2.45) is 0 Å². The molecule has 2 heterocycles. The van der Waals surface area contributed by atoms with Gasteiger partial charge in [-0.25, -0.2) is 13.1 Å². The number of sulfonamides is 1. The smallest absolute Gasteiger partial charge is 0.262 e. The van der Waals surface area contributed by atoms with E-state index in [9.17, 15) is 13.2 Å². The number of amides is 1. The number of aromatic nitrogens is 1. The summed E-state index contributed by atoms with van der Waals surface area (Å²) in [5.41, 5.74) is 1.15. The van der Waals surface area contributed by atoms with Crippen molar-refractivity contribution in [3.63, 3.8) is 0 Å². The van der Waals surface area contributed by atoms with Crippen LogP contribution in [0.3, 0.4) is 0 Å². The first-order chi connectivity index (χ1) is 11.0. The molecule has 0 radical (unpaired) electrons. The van der Waals surface area contributed by atoms with Crippen molar-refractivity contribution in [2.75, 3.05) is 11.9 Å². The number of hydrogen-bond donors (Lipinski definition) is 2. The second-order valence-corrected chi connectivity index (χ2v) is 6.83. The van der Waals surface area contributed by atoms with Gasteiger partial charge in [-0.2, -0.15) is 0 Å². The Kier molecular flexibility index (Phi) is 4.01. The lowest BCUT2D eigenvalue weighted by molar-refractivity contribution is -0.118. The molecule has 120 valence electrons. The lowest BCUT2D eigenvalue weighted by Gasteiger charge is -2.19. The average Bonchev–Trinajstić information content (AvgIpc) is 2.54. The zero-order valence-electron chi connectivity index (χ0n) is 12.3. The largest absolute Gasteiger partial charge is 0.482 e. The molecule has 7 nitrogen and oxygen atoms in total. The average molecular weight is 333 g/mol. The third-order valence-corrected chi connectivity index (χ3v) is 4.97. The molecule has 1 amide bonds. The third kappa shape index (κ3) is 3.33. The number of rotatable bonds is 4. The molecule has 1 atom stereocenters. The summed E-state index contributed by atoms with van der Waals surface area (Å²) in [6.07, 6.45) is 3.21. The second kappa shape index (κ2) is 5.98. The van der Waals surface area contributed by atoms with Gasteiger partial charge in [0.05, 0.1) is 10.6 Å². The highest BCUT2D eigenvalue weighted by Gasteiger charge is 2.22. The van der Waals surface area contributed by atoms with E-state index in [0.717, 1.165) is 5.56 Å². The zero-order valence-corrected chi connectivity index (χ0v) is 13.1. The molecule has 2 aromatic rings. The van der Waals surface area contributed by atoms with Crippen molar-refractivity contribution in [2.45, 2.75) is 17.9 Å². The Bertz CT molecular complexity index is 837. The van der Waals surface area contributed by atoms with Gasteiger partial charge in [0.15, 0.2) is 6.61 Å². The third-order valence-electron chi connectivity index (χ3n) is 3.43. The molecule has 23 heavy (non-hydrogen) atoms. The molecule has 0 unspecified atom stereocenters. The van der Waals surface area contributed by atoms with Crippen LogP contribution in [-0.4, -0.2) is 25.9 Å². The van der Waals surface area contributed by atoms with Gasteiger partial charge in [0.2, 0.25) is 10.0 Å². The van der Waals surface area contributed by atoms with Crippen LogP contribution < -0.4 is 14.8 Å². The Labute approximate surface area is 133 Å². The van der Waals surface area contributed by atoms with Gasteiger partial charge < -0.3 is 10.1 Å². The van der Waals surface area contributed by atoms with Gasteiger partial charge in [0, 0.05) is 18.4 Å². The molecular formula is C15H15N3O4S. The Morgan fingerprint density at radius 1 is 1.26 bits per heavy atom. The molecule has 0 fully saturated rings. The van der Waals surface area contributed by atoms with Crippen LogP contribution in [0.1, 0.15) is 18.5 Å². The molecule has 3 rings (SSSR count). The van der Waals surface area contributed by atoms with E-state index >= 15 is 0 Å². The molecular weight excluding hydrogens is 318 g/mol. The molecule has 8 heteroatoms. The van der Waals surface area contributed by atoms with E-state index < -0.39 is 16.1 Å². The molecule has 1 aromatic heterocycles. The predicted octanol–water partition coefficient (Wildman–Crippen LogP) is 1.45. The number of pyridine rings is 1. The first-order valence-electron chi connectivity index (χ1n) is 6.95. The second-order valence-electron chi connectivity index (χ2n) is 5.12.